The summed E-state index contributed by atoms with van der Waals surface area (Å²) in [6.45, 7) is 0. The van der Waals surface area contributed by atoms with Gasteiger partial charge in [0.2, 0.25) is 0 Å². The van der Waals surface area contributed by atoms with Gasteiger partial charge in [-0.1, -0.05) is 6.07 Å². The van der Waals surface area contributed by atoms with Crippen LogP contribution in [0.2, 0.25) is 0 Å². The minimum absolute atomic E-state index is 0.785. The highest BCUT2D eigenvalue weighted by Gasteiger charge is 2.37. The summed E-state index contributed by atoms with van der Waals surface area (Å²) in [5.74, 6) is 1.63. The third-order valence-electron chi connectivity index (χ3n) is 3.08. The number of pyridine rings is 1. The van der Waals surface area contributed by atoms with Crippen molar-refractivity contribution in [2.24, 2.45) is 0 Å². The molecule has 1 aromatic heterocycles. The summed E-state index contributed by atoms with van der Waals surface area (Å²) in [7, 11) is 0. The lowest BCUT2D eigenvalue weighted by Crippen LogP contribution is -1.99. The molecule has 1 aromatic rings. The number of aromatic nitrogens is 1. The molecule has 1 fully saturated rings. The Bertz CT molecular complexity index is 264. The van der Waals surface area contributed by atoms with E-state index in [0.717, 1.165) is 11.8 Å². The Morgan fingerprint density at radius 1 is 1.36 bits per heavy atom. The van der Waals surface area contributed by atoms with Crippen molar-refractivity contribution < 1.29 is 0 Å². The van der Waals surface area contributed by atoms with Crippen LogP contribution in [0.5, 0.6) is 0 Å². The summed E-state index contributed by atoms with van der Waals surface area (Å²) in [6.07, 6.45) is 7.04. The van der Waals surface area contributed by atoms with Crippen LogP contribution in [0.4, 0.5) is 0 Å². The van der Waals surface area contributed by atoms with Crippen molar-refractivity contribution in [3.63, 3.8) is 0 Å². The molecular weight excluding hydrogens is 134 g/mol. The second-order valence-electron chi connectivity index (χ2n) is 3.62. The Kier molecular flexibility index (Phi) is 0.965. The van der Waals surface area contributed by atoms with Crippen LogP contribution in [0.3, 0.4) is 0 Å². The van der Waals surface area contributed by atoms with Crippen LogP contribution in [0.25, 0.3) is 0 Å². The number of hydrogen-bond acceptors (Lipinski definition) is 1. The Morgan fingerprint density at radius 3 is 3.18 bits per heavy atom. The maximum absolute atomic E-state index is 4.32. The Balaban J connectivity index is 2.23. The highest BCUT2D eigenvalue weighted by Crippen LogP contribution is 2.51. The Labute approximate surface area is 66.5 Å². The van der Waals surface area contributed by atoms with Crippen LogP contribution in [-0.4, -0.2) is 4.98 Å². The lowest BCUT2D eigenvalue weighted by Gasteiger charge is -2.11. The van der Waals surface area contributed by atoms with Gasteiger partial charge in [-0.2, -0.15) is 0 Å². The van der Waals surface area contributed by atoms with Crippen LogP contribution in [0.15, 0.2) is 12.1 Å². The van der Waals surface area contributed by atoms with Gasteiger partial charge < -0.3 is 0 Å². The smallest absolute Gasteiger partial charge is 0.0889 e. The van der Waals surface area contributed by atoms with Gasteiger partial charge in [0.05, 0.1) is 6.20 Å². The highest BCUT2D eigenvalue weighted by molar-refractivity contribution is 5.35. The Morgan fingerprint density at radius 2 is 2.27 bits per heavy atom. The van der Waals surface area contributed by atoms with Gasteiger partial charge in [-0.25, -0.2) is 0 Å². The van der Waals surface area contributed by atoms with Gasteiger partial charge in [0.15, 0.2) is 0 Å². The average Bonchev–Trinajstić information content (AvgIpc) is 2.64. The van der Waals surface area contributed by atoms with Crippen molar-refractivity contribution in [1.82, 2.24) is 4.98 Å². The molecule has 1 heterocycles. The third-order valence-corrected chi connectivity index (χ3v) is 3.08. The third kappa shape index (κ3) is 0.635. The van der Waals surface area contributed by atoms with Crippen molar-refractivity contribution in [2.45, 2.75) is 31.1 Å². The fourth-order valence-corrected chi connectivity index (χ4v) is 2.57. The molecule has 0 aromatic carbocycles. The standard InChI is InChI=1S/C10H10N/c1-2-9-7-3-4-8(6-7)10(9)11-5-1/h1-2,7-8H,3-4,6H2. The average molecular weight is 144 g/mol. The maximum atomic E-state index is 4.32. The molecule has 0 spiro atoms. The quantitative estimate of drug-likeness (QED) is 0.544. The van der Waals surface area contributed by atoms with E-state index >= 15 is 0 Å². The summed E-state index contributed by atoms with van der Waals surface area (Å²) in [6, 6.07) is 4.14. The zero-order chi connectivity index (χ0) is 7.26. The fourth-order valence-electron chi connectivity index (χ4n) is 2.57. The first kappa shape index (κ1) is 5.76. The molecule has 55 valence electrons. The molecular formula is C10H10N. The maximum Gasteiger partial charge on any atom is 0.0889 e. The molecule has 1 heteroatoms. The van der Waals surface area contributed by atoms with E-state index in [2.05, 4.69) is 17.2 Å². The van der Waals surface area contributed by atoms with Gasteiger partial charge in [-0.05, 0) is 36.8 Å². The van der Waals surface area contributed by atoms with E-state index in [-0.39, 0.29) is 0 Å². The predicted molar refractivity (Wildman–Crippen MR) is 42.4 cm³/mol. The molecule has 2 aliphatic rings. The number of nitrogens with zero attached hydrogens (tertiary/aromatic N) is 1. The first-order chi connectivity index (χ1) is 5.45. The largest absolute Gasteiger partial charge is 0.251 e. The van der Waals surface area contributed by atoms with Gasteiger partial charge in [0.25, 0.3) is 0 Å². The lowest BCUT2D eigenvalue weighted by atomic mass is 9.96. The molecule has 3 rings (SSSR count). The van der Waals surface area contributed by atoms with Gasteiger partial charge in [0.1, 0.15) is 0 Å². The fraction of sp³-hybridized carbons (Fsp3) is 0.500. The highest BCUT2D eigenvalue weighted by atomic mass is 14.7. The van der Waals surface area contributed by atoms with Crippen molar-refractivity contribution >= 4 is 0 Å². The molecule has 1 radical (unpaired) electrons. The van der Waals surface area contributed by atoms with Gasteiger partial charge >= 0.3 is 0 Å². The van der Waals surface area contributed by atoms with Gasteiger partial charge in [0, 0.05) is 11.6 Å². The van der Waals surface area contributed by atoms with Crippen LogP contribution in [0, 0.1) is 6.20 Å². The van der Waals surface area contributed by atoms with Crippen LogP contribution in [0.1, 0.15) is 42.4 Å². The summed E-state index contributed by atoms with van der Waals surface area (Å²) in [4.78, 5) is 4.32. The van der Waals surface area contributed by atoms with E-state index in [4.69, 9.17) is 0 Å². The summed E-state index contributed by atoms with van der Waals surface area (Å²) in [5.41, 5.74) is 2.86. The predicted octanol–water partition coefficient (Wildman–Crippen LogP) is 2.25. The van der Waals surface area contributed by atoms with E-state index in [9.17, 15) is 0 Å². The first-order valence-corrected chi connectivity index (χ1v) is 4.32. The second-order valence-corrected chi connectivity index (χ2v) is 3.62. The number of fused-ring (bicyclic) bond motifs is 5. The number of hydrogen-bond donors (Lipinski definition) is 0. The second kappa shape index (κ2) is 1.84. The minimum Gasteiger partial charge on any atom is -0.251 e. The van der Waals surface area contributed by atoms with E-state index in [1.807, 2.05) is 6.07 Å². The number of rotatable bonds is 0. The van der Waals surface area contributed by atoms with Crippen molar-refractivity contribution in [3.8, 4) is 0 Å². The zero-order valence-electron chi connectivity index (χ0n) is 6.38. The molecule has 2 aliphatic carbocycles. The first-order valence-electron chi connectivity index (χ1n) is 4.32. The van der Waals surface area contributed by atoms with E-state index in [1.54, 1.807) is 0 Å². The topological polar surface area (TPSA) is 12.9 Å². The van der Waals surface area contributed by atoms with Crippen LogP contribution >= 0.6 is 0 Å². The Hall–Kier alpha value is -0.850. The minimum atomic E-state index is 0.785. The van der Waals surface area contributed by atoms with E-state index in [0.29, 0.717) is 0 Å². The zero-order valence-corrected chi connectivity index (χ0v) is 6.38. The normalized spacial score (nSPS) is 32.4. The molecule has 0 saturated heterocycles. The van der Waals surface area contributed by atoms with Gasteiger partial charge in [-0.15, -0.1) is 0 Å². The van der Waals surface area contributed by atoms with Crippen LogP contribution in [-0.2, 0) is 0 Å². The van der Waals surface area contributed by atoms with E-state index in [1.165, 1.54) is 30.5 Å². The molecule has 2 bridgehead atoms. The summed E-state index contributed by atoms with van der Waals surface area (Å²) < 4.78 is 0. The molecule has 1 nitrogen and oxygen atoms in total. The lowest BCUT2D eigenvalue weighted by molar-refractivity contribution is 0.696. The van der Waals surface area contributed by atoms with E-state index < -0.39 is 0 Å². The molecule has 2 atom stereocenters. The molecule has 11 heavy (non-hydrogen) atoms. The SMILES string of the molecule is [c]1ccc2c(n1)C1CCC2C1. The molecule has 0 N–H and O–H groups in total. The molecule has 0 aliphatic heterocycles. The van der Waals surface area contributed by atoms with Crippen molar-refractivity contribution in [3.05, 3.63) is 29.6 Å². The molecule has 0 amide bonds. The molecule has 2 unspecified atom stereocenters. The van der Waals surface area contributed by atoms with Gasteiger partial charge in [-0.3, -0.25) is 4.98 Å². The molecule has 1 saturated carbocycles. The van der Waals surface area contributed by atoms with Crippen LogP contribution < -0.4 is 0 Å². The summed E-state index contributed by atoms with van der Waals surface area (Å²) >= 11 is 0. The van der Waals surface area contributed by atoms with Crippen molar-refractivity contribution in [1.29, 1.82) is 0 Å². The monoisotopic (exact) mass is 144 g/mol. The van der Waals surface area contributed by atoms with Crippen molar-refractivity contribution in [2.75, 3.05) is 0 Å². The summed E-state index contributed by atoms with van der Waals surface area (Å²) in [5, 5.41) is 0.